The second-order valence-electron chi connectivity index (χ2n) is 6.58. The molecule has 0 unspecified atom stereocenters. The molecule has 0 bridgehead atoms. The smallest absolute Gasteiger partial charge is 0.216 e. The van der Waals surface area contributed by atoms with Gasteiger partial charge in [-0.3, -0.25) is 9.69 Å². The minimum Gasteiger partial charge on any atom is -0.504 e. The summed E-state index contributed by atoms with van der Waals surface area (Å²) in [7, 11) is 0. The van der Waals surface area contributed by atoms with E-state index in [4.69, 9.17) is 4.74 Å². The van der Waals surface area contributed by atoms with Gasteiger partial charge in [-0.1, -0.05) is 12.1 Å². The first-order chi connectivity index (χ1) is 13.1. The van der Waals surface area contributed by atoms with Crippen LogP contribution >= 0.6 is 11.3 Å². The Bertz CT molecular complexity index is 953. The van der Waals surface area contributed by atoms with Crippen molar-refractivity contribution in [3.05, 3.63) is 42.0 Å². The number of fused-ring (bicyclic) bond motifs is 2. The van der Waals surface area contributed by atoms with E-state index >= 15 is 0 Å². The van der Waals surface area contributed by atoms with Crippen LogP contribution in [-0.2, 0) is 11.3 Å². The lowest BCUT2D eigenvalue weighted by atomic mass is 10.1. The molecule has 0 atom stereocenters. The maximum Gasteiger partial charge on any atom is 0.216 e. The second-order valence-corrected chi connectivity index (χ2v) is 7.61. The van der Waals surface area contributed by atoms with Crippen LogP contribution in [0.1, 0.15) is 12.5 Å². The number of hydrogen-bond acceptors (Lipinski definition) is 6. The van der Waals surface area contributed by atoms with Crippen LogP contribution in [0.5, 0.6) is 11.5 Å². The topological polar surface area (TPSA) is 74.7 Å². The highest BCUT2D eigenvalue weighted by Gasteiger charge is 2.20. The molecule has 0 radical (unpaired) electrons. The maximum atomic E-state index is 11.1. The summed E-state index contributed by atoms with van der Waals surface area (Å²) in [6.07, 6.45) is 0. The quantitative estimate of drug-likeness (QED) is 0.724. The summed E-state index contributed by atoms with van der Waals surface area (Å²) in [5.74, 6) is 0.657. The number of rotatable bonds is 4. The number of benzene rings is 2. The number of ether oxygens (including phenoxy) is 1. The molecule has 2 aromatic carbocycles. The van der Waals surface area contributed by atoms with Crippen LogP contribution in [-0.4, -0.2) is 47.1 Å². The third-order valence-corrected chi connectivity index (χ3v) is 5.62. The number of phenolic OH excluding ortho intramolecular Hbond substituents is 1. The summed E-state index contributed by atoms with van der Waals surface area (Å²) < 4.78 is 6.91. The Balaban J connectivity index is 1.62. The van der Waals surface area contributed by atoms with Crippen molar-refractivity contribution >= 4 is 27.5 Å². The number of para-hydroxylation sites is 1. The Morgan fingerprint density at radius 3 is 3.04 bits per heavy atom. The molecular formula is C20H21N3O3S. The molecule has 6 nitrogen and oxygen atoms in total. The van der Waals surface area contributed by atoms with Crippen LogP contribution in [0.2, 0.25) is 0 Å². The maximum absolute atomic E-state index is 11.1. The van der Waals surface area contributed by atoms with Crippen LogP contribution in [0.15, 0.2) is 36.4 Å². The highest BCUT2D eigenvalue weighted by molar-refractivity contribution is 7.21. The normalized spacial score (nSPS) is 14.4. The number of carbonyl (C=O) groups is 1. The molecular weight excluding hydrogens is 362 g/mol. The summed E-state index contributed by atoms with van der Waals surface area (Å²) in [5.41, 5.74) is 2.78. The van der Waals surface area contributed by atoms with E-state index in [1.807, 2.05) is 30.3 Å². The van der Waals surface area contributed by atoms with Crippen molar-refractivity contribution in [1.82, 2.24) is 15.2 Å². The molecule has 1 aromatic heterocycles. The zero-order valence-electron chi connectivity index (χ0n) is 15.1. The molecule has 1 amide bonds. The number of thiazole rings is 1. The van der Waals surface area contributed by atoms with Crippen molar-refractivity contribution < 1.29 is 14.6 Å². The fraction of sp³-hybridized carbons (Fsp3) is 0.300. The van der Waals surface area contributed by atoms with Crippen LogP contribution in [0.25, 0.3) is 20.8 Å². The monoisotopic (exact) mass is 383 g/mol. The molecule has 0 fully saturated rings. The fourth-order valence-electron chi connectivity index (χ4n) is 3.25. The average Bonchev–Trinajstić information content (AvgIpc) is 2.96. The molecule has 0 saturated carbocycles. The van der Waals surface area contributed by atoms with E-state index in [1.54, 1.807) is 17.4 Å². The molecule has 4 rings (SSSR count). The number of aromatic nitrogens is 1. The number of aromatic hydroxyl groups is 1. The first-order valence-corrected chi connectivity index (χ1v) is 9.73. The second kappa shape index (κ2) is 7.54. The SMILES string of the molecule is CC(=O)NCCN1CCOc2c(O)cc(-c3nc4ccccc4s3)cc2C1. The van der Waals surface area contributed by atoms with Crippen molar-refractivity contribution in [1.29, 1.82) is 0 Å². The van der Waals surface area contributed by atoms with Gasteiger partial charge in [0.15, 0.2) is 11.5 Å². The van der Waals surface area contributed by atoms with Crippen LogP contribution < -0.4 is 10.1 Å². The number of phenols is 1. The Morgan fingerprint density at radius 2 is 2.22 bits per heavy atom. The van der Waals surface area contributed by atoms with Gasteiger partial charge in [0, 0.05) is 44.2 Å². The molecule has 27 heavy (non-hydrogen) atoms. The zero-order chi connectivity index (χ0) is 18.8. The Morgan fingerprint density at radius 1 is 1.37 bits per heavy atom. The van der Waals surface area contributed by atoms with Crippen molar-refractivity contribution in [2.24, 2.45) is 0 Å². The van der Waals surface area contributed by atoms with Crippen LogP contribution in [0.3, 0.4) is 0 Å². The van der Waals surface area contributed by atoms with Crippen molar-refractivity contribution in [3.63, 3.8) is 0 Å². The van der Waals surface area contributed by atoms with Gasteiger partial charge in [-0.15, -0.1) is 11.3 Å². The third kappa shape index (κ3) is 3.89. The van der Waals surface area contributed by atoms with Gasteiger partial charge in [0.2, 0.25) is 5.91 Å². The molecule has 1 aliphatic rings. The van der Waals surface area contributed by atoms with Crippen molar-refractivity contribution in [2.75, 3.05) is 26.2 Å². The molecule has 1 aliphatic heterocycles. The van der Waals surface area contributed by atoms with Gasteiger partial charge in [0.1, 0.15) is 11.6 Å². The molecule has 0 saturated heterocycles. The van der Waals surface area contributed by atoms with E-state index < -0.39 is 0 Å². The lowest BCUT2D eigenvalue weighted by molar-refractivity contribution is -0.119. The third-order valence-electron chi connectivity index (χ3n) is 4.54. The van der Waals surface area contributed by atoms with Gasteiger partial charge in [-0.25, -0.2) is 4.98 Å². The Kier molecular flexibility index (Phi) is 4.96. The molecule has 2 heterocycles. The molecule has 7 heteroatoms. The first-order valence-electron chi connectivity index (χ1n) is 8.91. The van der Waals surface area contributed by atoms with Gasteiger partial charge in [-0.05, 0) is 24.3 Å². The van der Waals surface area contributed by atoms with Gasteiger partial charge >= 0.3 is 0 Å². The van der Waals surface area contributed by atoms with E-state index in [0.717, 1.165) is 39.4 Å². The summed E-state index contributed by atoms with van der Waals surface area (Å²) in [4.78, 5) is 18.0. The highest BCUT2D eigenvalue weighted by Crippen LogP contribution is 2.39. The Labute approximate surface area is 161 Å². The summed E-state index contributed by atoms with van der Waals surface area (Å²) in [5, 5.41) is 14.2. The van der Waals surface area contributed by atoms with E-state index in [1.165, 1.54) is 6.92 Å². The zero-order valence-corrected chi connectivity index (χ0v) is 15.9. The number of hydrogen-bond donors (Lipinski definition) is 2. The summed E-state index contributed by atoms with van der Waals surface area (Å²) in [6, 6.07) is 11.8. The van der Waals surface area contributed by atoms with Gasteiger partial charge < -0.3 is 15.2 Å². The Hall–Kier alpha value is -2.64. The summed E-state index contributed by atoms with van der Waals surface area (Å²) >= 11 is 1.61. The predicted octanol–water partition coefficient (Wildman–Crippen LogP) is 3.00. The van der Waals surface area contributed by atoms with E-state index in [0.29, 0.717) is 25.4 Å². The van der Waals surface area contributed by atoms with Crippen molar-refractivity contribution in [2.45, 2.75) is 13.5 Å². The number of nitrogens with zero attached hydrogens (tertiary/aromatic N) is 2. The van der Waals surface area contributed by atoms with Gasteiger partial charge in [-0.2, -0.15) is 0 Å². The van der Waals surface area contributed by atoms with Crippen LogP contribution in [0.4, 0.5) is 0 Å². The number of nitrogens with one attached hydrogen (secondary N) is 1. The fourth-order valence-corrected chi connectivity index (χ4v) is 4.21. The minimum atomic E-state index is -0.0303. The van der Waals surface area contributed by atoms with E-state index in [9.17, 15) is 9.90 Å². The number of carbonyl (C=O) groups excluding carboxylic acids is 1. The first kappa shape index (κ1) is 17.8. The molecule has 0 aliphatic carbocycles. The molecule has 0 spiro atoms. The molecule has 140 valence electrons. The minimum absolute atomic E-state index is 0.0303. The lowest BCUT2D eigenvalue weighted by Crippen LogP contribution is -2.34. The van der Waals surface area contributed by atoms with E-state index in [-0.39, 0.29) is 11.7 Å². The van der Waals surface area contributed by atoms with Gasteiger partial charge in [0.05, 0.1) is 10.2 Å². The van der Waals surface area contributed by atoms with E-state index in [2.05, 4.69) is 15.2 Å². The lowest BCUT2D eigenvalue weighted by Gasteiger charge is -2.19. The predicted molar refractivity (Wildman–Crippen MR) is 106 cm³/mol. The molecule has 3 aromatic rings. The number of amides is 1. The standard InChI is InChI=1S/C20H21N3O3S/c1-13(24)21-6-7-23-8-9-26-19-15(12-23)10-14(11-17(19)25)20-22-16-4-2-3-5-18(16)27-20/h2-5,10-11,25H,6-9,12H2,1H3,(H,21,24). The highest BCUT2D eigenvalue weighted by atomic mass is 32.1. The largest absolute Gasteiger partial charge is 0.504 e. The van der Waals surface area contributed by atoms with Gasteiger partial charge in [0.25, 0.3) is 0 Å². The average molecular weight is 383 g/mol. The van der Waals surface area contributed by atoms with Crippen LogP contribution in [0, 0.1) is 0 Å². The molecule has 2 N–H and O–H groups in total. The summed E-state index contributed by atoms with van der Waals surface area (Å²) in [6.45, 7) is 4.73. The van der Waals surface area contributed by atoms with Crippen molar-refractivity contribution in [3.8, 4) is 22.1 Å².